The average Bonchev–Trinajstić information content (AvgIpc) is 2.74. The number of nitrogens with one attached hydrogen (secondary N) is 1. The summed E-state index contributed by atoms with van der Waals surface area (Å²) in [6.07, 6.45) is 0. The number of hydrogen-bond donors (Lipinski definition) is 1. The Kier molecular flexibility index (Phi) is 7.11. The Morgan fingerprint density at radius 1 is 1.03 bits per heavy atom. The summed E-state index contributed by atoms with van der Waals surface area (Å²) in [6.45, 7) is 5.22. The van der Waals surface area contributed by atoms with E-state index < -0.39 is 22.5 Å². The Bertz CT molecular complexity index is 1240. The molecule has 0 bridgehead atoms. The van der Waals surface area contributed by atoms with Crippen LogP contribution in [0.5, 0.6) is 5.75 Å². The number of anilines is 2. The number of sulfonamides is 1. The second-order valence-corrected chi connectivity index (χ2v) is 9.71. The number of hydrogen-bond acceptors (Lipinski definition) is 4. The lowest BCUT2D eigenvalue weighted by Gasteiger charge is -2.26. The van der Waals surface area contributed by atoms with Gasteiger partial charge in [-0.25, -0.2) is 8.42 Å². The molecule has 0 saturated carbocycles. The van der Waals surface area contributed by atoms with Gasteiger partial charge in [0, 0.05) is 5.69 Å². The van der Waals surface area contributed by atoms with Gasteiger partial charge in [0.15, 0.2) is 0 Å². The molecule has 3 rings (SSSR count). The van der Waals surface area contributed by atoms with Crippen LogP contribution >= 0.6 is 11.6 Å². The number of halogens is 1. The number of rotatable bonds is 7. The minimum absolute atomic E-state index is 0.115. The van der Waals surface area contributed by atoms with Gasteiger partial charge in [0.1, 0.15) is 12.3 Å². The first-order chi connectivity index (χ1) is 15.1. The van der Waals surface area contributed by atoms with Gasteiger partial charge in [0.25, 0.3) is 10.0 Å². The van der Waals surface area contributed by atoms with Gasteiger partial charge in [-0.3, -0.25) is 9.10 Å². The van der Waals surface area contributed by atoms with Crippen LogP contribution in [-0.4, -0.2) is 28.0 Å². The predicted molar refractivity (Wildman–Crippen MR) is 128 cm³/mol. The first kappa shape index (κ1) is 23.6. The zero-order valence-corrected chi connectivity index (χ0v) is 19.9. The third-order valence-corrected chi connectivity index (χ3v) is 7.25. The summed E-state index contributed by atoms with van der Waals surface area (Å²) in [5.74, 6) is -0.0218. The van der Waals surface area contributed by atoms with Crippen molar-refractivity contribution in [3.63, 3.8) is 0 Å². The Morgan fingerprint density at radius 2 is 1.72 bits per heavy atom. The van der Waals surface area contributed by atoms with E-state index in [0.29, 0.717) is 22.1 Å². The SMILES string of the molecule is COc1ccc(NC(=O)CN(c2cccc(C)c2C)S(=O)(=O)c2ccc(C)cc2)cc1Cl. The monoisotopic (exact) mass is 472 g/mol. The molecule has 0 fully saturated rings. The number of benzene rings is 3. The van der Waals surface area contributed by atoms with E-state index in [0.717, 1.165) is 21.0 Å². The molecule has 168 valence electrons. The molecular weight excluding hydrogens is 448 g/mol. The lowest BCUT2D eigenvalue weighted by atomic mass is 10.1. The number of ether oxygens (including phenoxy) is 1. The topological polar surface area (TPSA) is 75.7 Å². The molecule has 0 spiro atoms. The molecule has 0 atom stereocenters. The van der Waals surface area contributed by atoms with Crippen LogP contribution in [0.1, 0.15) is 16.7 Å². The van der Waals surface area contributed by atoms with Crippen LogP contribution in [0.15, 0.2) is 65.6 Å². The maximum absolute atomic E-state index is 13.5. The fraction of sp³-hybridized carbons (Fsp3) is 0.208. The fourth-order valence-corrected chi connectivity index (χ4v) is 4.95. The van der Waals surface area contributed by atoms with E-state index in [1.807, 2.05) is 26.8 Å². The molecule has 8 heteroatoms. The summed E-state index contributed by atoms with van der Waals surface area (Å²) in [6, 6.07) is 16.7. The van der Waals surface area contributed by atoms with Crippen molar-refractivity contribution in [1.82, 2.24) is 0 Å². The largest absolute Gasteiger partial charge is 0.495 e. The van der Waals surface area contributed by atoms with Crippen LogP contribution in [0.2, 0.25) is 5.02 Å². The highest BCUT2D eigenvalue weighted by molar-refractivity contribution is 7.92. The van der Waals surface area contributed by atoms with E-state index in [1.54, 1.807) is 54.6 Å². The summed E-state index contributed by atoms with van der Waals surface area (Å²) >= 11 is 6.14. The predicted octanol–water partition coefficient (Wildman–Crippen LogP) is 5.11. The molecule has 32 heavy (non-hydrogen) atoms. The molecule has 0 saturated heterocycles. The Balaban J connectivity index is 1.97. The fourth-order valence-electron chi connectivity index (χ4n) is 3.22. The van der Waals surface area contributed by atoms with Crippen LogP contribution in [0.4, 0.5) is 11.4 Å². The molecule has 0 unspecified atom stereocenters. The molecule has 0 heterocycles. The zero-order chi connectivity index (χ0) is 23.5. The zero-order valence-electron chi connectivity index (χ0n) is 18.3. The Labute approximate surface area is 193 Å². The van der Waals surface area contributed by atoms with E-state index in [-0.39, 0.29) is 4.90 Å². The van der Waals surface area contributed by atoms with Gasteiger partial charge in [-0.15, -0.1) is 0 Å². The van der Waals surface area contributed by atoms with Gasteiger partial charge >= 0.3 is 0 Å². The van der Waals surface area contributed by atoms with Gasteiger partial charge in [-0.2, -0.15) is 0 Å². The van der Waals surface area contributed by atoms with Crippen molar-refractivity contribution in [2.75, 3.05) is 23.3 Å². The molecule has 0 aliphatic heterocycles. The number of carbonyl (C=O) groups is 1. The molecule has 1 N–H and O–H groups in total. The van der Waals surface area contributed by atoms with Crippen molar-refractivity contribution in [1.29, 1.82) is 0 Å². The maximum Gasteiger partial charge on any atom is 0.264 e. The maximum atomic E-state index is 13.5. The first-order valence-corrected chi connectivity index (χ1v) is 11.7. The van der Waals surface area contributed by atoms with Crippen molar-refractivity contribution >= 4 is 38.9 Å². The van der Waals surface area contributed by atoms with Crippen LogP contribution in [0.3, 0.4) is 0 Å². The van der Waals surface area contributed by atoms with E-state index >= 15 is 0 Å². The second-order valence-electron chi connectivity index (χ2n) is 7.44. The smallest absolute Gasteiger partial charge is 0.264 e. The molecule has 0 aromatic heterocycles. The standard InChI is InChI=1S/C24H25ClN2O4S/c1-16-8-11-20(12-9-16)32(29,30)27(22-7-5-6-17(2)18(22)3)15-24(28)26-19-10-13-23(31-4)21(25)14-19/h5-14H,15H2,1-4H3,(H,26,28). The third kappa shape index (κ3) is 5.06. The van der Waals surface area contributed by atoms with Crippen molar-refractivity contribution < 1.29 is 17.9 Å². The van der Waals surface area contributed by atoms with E-state index in [9.17, 15) is 13.2 Å². The molecule has 0 radical (unpaired) electrons. The van der Waals surface area contributed by atoms with Crippen molar-refractivity contribution in [3.8, 4) is 5.75 Å². The highest BCUT2D eigenvalue weighted by Crippen LogP contribution is 2.30. The Hall–Kier alpha value is -3.03. The van der Waals surface area contributed by atoms with E-state index in [2.05, 4.69) is 5.32 Å². The van der Waals surface area contributed by atoms with Gasteiger partial charge in [-0.05, 0) is 68.3 Å². The number of methoxy groups -OCH3 is 1. The number of carbonyl (C=O) groups excluding carboxylic acids is 1. The van der Waals surface area contributed by atoms with Gasteiger partial charge in [-0.1, -0.05) is 41.4 Å². The summed E-state index contributed by atoms with van der Waals surface area (Å²) in [4.78, 5) is 13.0. The molecule has 3 aromatic carbocycles. The molecule has 1 amide bonds. The minimum Gasteiger partial charge on any atom is -0.495 e. The lowest BCUT2D eigenvalue weighted by Crippen LogP contribution is -2.38. The highest BCUT2D eigenvalue weighted by atomic mass is 35.5. The van der Waals surface area contributed by atoms with E-state index in [1.165, 1.54) is 7.11 Å². The lowest BCUT2D eigenvalue weighted by molar-refractivity contribution is -0.114. The van der Waals surface area contributed by atoms with Gasteiger partial charge in [0.2, 0.25) is 5.91 Å². The van der Waals surface area contributed by atoms with Crippen molar-refractivity contribution in [3.05, 3.63) is 82.4 Å². The summed E-state index contributed by atoms with van der Waals surface area (Å²) in [5, 5.41) is 3.05. The van der Waals surface area contributed by atoms with Crippen molar-refractivity contribution in [2.45, 2.75) is 25.7 Å². The van der Waals surface area contributed by atoms with Crippen LogP contribution in [0.25, 0.3) is 0 Å². The van der Waals surface area contributed by atoms with Gasteiger partial charge < -0.3 is 10.1 Å². The first-order valence-electron chi connectivity index (χ1n) is 9.92. The van der Waals surface area contributed by atoms with E-state index in [4.69, 9.17) is 16.3 Å². The number of amides is 1. The molecular formula is C24H25ClN2O4S. The summed E-state index contributed by atoms with van der Waals surface area (Å²) in [7, 11) is -2.49. The van der Waals surface area contributed by atoms with Gasteiger partial charge in [0.05, 0.1) is 22.7 Å². The minimum atomic E-state index is -3.99. The average molecular weight is 473 g/mol. The molecule has 0 aliphatic carbocycles. The number of nitrogens with zero attached hydrogens (tertiary/aromatic N) is 1. The molecule has 6 nitrogen and oxygen atoms in total. The summed E-state index contributed by atoms with van der Waals surface area (Å²) < 4.78 is 33.3. The number of aryl methyl sites for hydroxylation is 2. The summed E-state index contributed by atoms with van der Waals surface area (Å²) in [5.41, 5.74) is 3.54. The normalized spacial score (nSPS) is 11.2. The van der Waals surface area contributed by atoms with Crippen LogP contribution in [-0.2, 0) is 14.8 Å². The van der Waals surface area contributed by atoms with Crippen molar-refractivity contribution in [2.24, 2.45) is 0 Å². The quantitative estimate of drug-likeness (QED) is 0.518. The third-order valence-electron chi connectivity index (χ3n) is 5.18. The molecule has 0 aliphatic rings. The Morgan fingerprint density at radius 3 is 2.34 bits per heavy atom. The molecule has 3 aromatic rings. The second kappa shape index (κ2) is 9.63. The van der Waals surface area contributed by atoms with Crippen LogP contribution < -0.4 is 14.4 Å². The van der Waals surface area contributed by atoms with Crippen LogP contribution in [0, 0.1) is 20.8 Å². The highest BCUT2D eigenvalue weighted by Gasteiger charge is 2.28.